The van der Waals surface area contributed by atoms with Crippen LogP contribution in [0.1, 0.15) is 57.1 Å². The summed E-state index contributed by atoms with van der Waals surface area (Å²) in [5.74, 6) is 0.632. The molecule has 1 aromatic heterocycles. The number of nitrogens with two attached hydrogens (primary N) is 1. The molecule has 0 unspecified atom stereocenters. The molecule has 1 saturated carbocycles. The third-order valence-electron chi connectivity index (χ3n) is 3.30. The Kier molecular flexibility index (Phi) is 3.29. The molecule has 2 N–H and O–H groups in total. The predicted octanol–water partition coefficient (Wildman–Crippen LogP) is 2.92. The SMILES string of the molecule is CCCCn1cc(N)c(C2CCCC2)n1. The Morgan fingerprint density at radius 1 is 1.47 bits per heavy atom. The number of anilines is 1. The second kappa shape index (κ2) is 4.69. The molecule has 3 heteroatoms. The maximum Gasteiger partial charge on any atom is 0.0884 e. The van der Waals surface area contributed by atoms with Crippen molar-refractivity contribution in [3.05, 3.63) is 11.9 Å². The molecule has 1 aromatic rings. The van der Waals surface area contributed by atoms with E-state index in [1.54, 1.807) is 0 Å². The van der Waals surface area contributed by atoms with Gasteiger partial charge in [0.2, 0.25) is 0 Å². The van der Waals surface area contributed by atoms with Crippen LogP contribution in [0.2, 0.25) is 0 Å². The molecule has 1 fully saturated rings. The monoisotopic (exact) mass is 207 g/mol. The molecule has 84 valence electrons. The average molecular weight is 207 g/mol. The summed E-state index contributed by atoms with van der Waals surface area (Å²) in [6, 6.07) is 0. The Morgan fingerprint density at radius 2 is 2.20 bits per heavy atom. The van der Waals surface area contributed by atoms with Crippen molar-refractivity contribution < 1.29 is 0 Å². The average Bonchev–Trinajstić information content (AvgIpc) is 2.83. The summed E-state index contributed by atoms with van der Waals surface area (Å²) in [6.45, 7) is 3.21. The number of unbranched alkanes of at least 4 members (excludes halogenated alkanes) is 1. The minimum atomic E-state index is 0.632. The molecular weight excluding hydrogens is 186 g/mol. The molecule has 0 atom stereocenters. The summed E-state index contributed by atoms with van der Waals surface area (Å²) in [6.07, 6.45) is 9.62. The van der Waals surface area contributed by atoms with Crippen LogP contribution in [-0.2, 0) is 6.54 Å². The predicted molar refractivity (Wildman–Crippen MR) is 62.8 cm³/mol. The van der Waals surface area contributed by atoms with Gasteiger partial charge in [-0.05, 0) is 19.3 Å². The van der Waals surface area contributed by atoms with Crippen LogP contribution >= 0.6 is 0 Å². The van der Waals surface area contributed by atoms with E-state index < -0.39 is 0 Å². The highest BCUT2D eigenvalue weighted by Gasteiger charge is 2.21. The number of nitrogens with zero attached hydrogens (tertiary/aromatic N) is 2. The van der Waals surface area contributed by atoms with Gasteiger partial charge in [0.1, 0.15) is 0 Å². The molecule has 0 aliphatic heterocycles. The Morgan fingerprint density at radius 3 is 2.87 bits per heavy atom. The molecule has 0 aromatic carbocycles. The lowest BCUT2D eigenvalue weighted by molar-refractivity contribution is 0.554. The lowest BCUT2D eigenvalue weighted by Gasteiger charge is -2.05. The topological polar surface area (TPSA) is 43.8 Å². The van der Waals surface area contributed by atoms with Gasteiger partial charge in [0.25, 0.3) is 0 Å². The second-order valence-corrected chi connectivity index (χ2v) is 4.57. The highest BCUT2D eigenvalue weighted by Crippen LogP contribution is 2.35. The first kappa shape index (κ1) is 10.5. The van der Waals surface area contributed by atoms with Crippen molar-refractivity contribution in [1.29, 1.82) is 0 Å². The van der Waals surface area contributed by atoms with Crippen LogP contribution in [-0.4, -0.2) is 9.78 Å². The minimum Gasteiger partial charge on any atom is -0.396 e. The fourth-order valence-electron chi connectivity index (χ4n) is 2.40. The van der Waals surface area contributed by atoms with Gasteiger partial charge in [0, 0.05) is 18.7 Å². The smallest absolute Gasteiger partial charge is 0.0884 e. The van der Waals surface area contributed by atoms with Gasteiger partial charge in [0.15, 0.2) is 0 Å². The molecule has 1 heterocycles. The molecule has 0 spiro atoms. The number of hydrogen-bond donors (Lipinski definition) is 1. The summed E-state index contributed by atoms with van der Waals surface area (Å²) in [4.78, 5) is 0. The van der Waals surface area contributed by atoms with Crippen LogP contribution in [0.15, 0.2) is 6.20 Å². The zero-order chi connectivity index (χ0) is 10.7. The van der Waals surface area contributed by atoms with E-state index in [1.165, 1.54) is 38.5 Å². The number of rotatable bonds is 4. The van der Waals surface area contributed by atoms with E-state index in [0.29, 0.717) is 5.92 Å². The van der Waals surface area contributed by atoms with Gasteiger partial charge in [-0.3, -0.25) is 4.68 Å². The molecule has 0 bridgehead atoms. The number of aromatic nitrogens is 2. The maximum absolute atomic E-state index is 6.01. The Bertz CT molecular complexity index is 311. The molecule has 0 amide bonds. The first-order valence-electron chi connectivity index (χ1n) is 6.14. The summed E-state index contributed by atoms with van der Waals surface area (Å²) < 4.78 is 2.02. The van der Waals surface area contributed by atoms with Crippen LogP contribution in [0.25, 0.3) is 0 Å². The molecule has 1 aliphatic carbocycles. The van der Waals surface area contributed by atoms with E-state index >= 15 is 0 Å². The molecule has 0 saturated heterocycles. The first-order valence-corrected chi connectivity index (χ1v) is 6.14. The largest absolute Gasteiger partial charge is 0.396 e. The van der Waals surface area contributed by atoms with Gasteiger partial charge in [-0.1, -0.05) is 26.2 Å². The lowest BCUT2D eigenvalue weighted by atomic mass is 10.0. The normalized spacial score (nSPS) is 17.4. The van der Waals surface area contributed by atoms with Gasteiger partial charge < -0.3 is 5.73 Å². The summed E-state index contributed by atoms with van der Waals surface area (Å²) in [5.41, 5.74) is 8.07. The standard InChI is InChI=1S/C12H21N3/c1-2-3-8-15-9-11(13)12(14-15)10-6-4-5-7-10/h9-10H,2-8,13H2,1H3. The fourth-order valence-corrected chi connectivity index (χ4v) is 2.40. The zero-order valence-corrected chi connectivity index (χ0v) is 9.58. The molecule has 0 radical (unpaired) electrons. The molecule has 1 aliphatic rings. The highest BCUT2D eigenvalue weighted by molar-refractivity contribution is 5.43. The minimum absolute atomic E-state index is 0.632. The third-order valence-corrected chi connectivity index (χ3v) is 3.30. The Hall–Kier alpha value is -0.990. The van der Waals surface area contributed by atoms with E-state index in [2.05, 4.69) is 12.0 Å². The van der Waals surface area contributed by atoms with E-state index in [0.717, 1.165) is 17.9 Å². The second-order valence-electron chi connectivity index (χ2n) is 4.57. The summed E-state index contributed by atoms with van der Waals surface area (Å²) in [7, 11) is 0. The molecule has 15 heavy (non-hydrogen) atoms. The van der Waals surface area contributed by atoms with E-state index in [1.807, 2.05) is 10.9 Å². The number of hydrogen-bond acceptors (Lipinski definition) is 2. The van der Waals surface area contributed by atoms with Crippen LogP contribution in [0.3, 0.4) is 0 Å². The summed E-state index contributed by atoms with van der Waals surface area (Å²) >= 11 is 0. The van der Waals surface area contributed by atoms with Crippen LogP contribution < -0.4 is 5.73 Å². The van der Waals surface area contributed by atoms with Crippen LogP contribution in [0.5, 0.6) is 0 Å². The molecule has 3 nitrogen and oxygen atoms in total. The van der Waals surface area contributed by atoms with Gasteiger partial charge in [0.05, 0.1) is 11.4 Å². The van der Waals surface area contributed by atoms with Crippen LogP contribution in [0, 0.1) is 0 Å². The van der Waals surface area contributed by atoms with Gasteiger partial charge >= 0.3 is 0 Å². The fraction of sp³-hybridized carbons (Fsp3) is 0.750. The molecule has 2 rings (SSSR count). The van der Waals surface area contributed by atoms with E-state index in [-0.39, 0.29) is 0 Å². The van der Waals surface area contributed by atoms with Crippen molar-refractivity contribution in [3.8, 4) is 0 Å². The Labute approximate surface area is 91.7 Å². The van der Waals surface area contributed by atoms with E-state index in [9.17, 15) is 0 Å². The molecular formula is C12H21N3. The third kappa shape index (κ3) is 2.33. The van der Waals surface area contributed by atoms with Crippen molar-refractivity contribution in [2.75, 3.05) is 5.73 Å². The van der Waals surface area contributed by atoms with Crippen LogP contribution in [0.4, 0.5) is 5.69 Å². The first-order chi connectivity index (χ1) is 7.31. The lowest BCUT2D eigenvalue weighted by Crippen LogP contribution is -2.01. The quantitative estimate of drug-likeness (QED) is 0.825. The summed E-state index contributed by atoms with van der Waals surface area (Å²) in [5, 5.41) is 4.62. The highest BCUT2D eigenvalue weighted by atomic mass is 15.3. The number of aryl methyl sites for hydroxylation is 1. The van der Waals surface area contributed by atoms with Gasteiger partial charge in [-0.15, -0.1) is 0 Å². The van der Waals surface area contributed by atoms with Crippen molar-refractivity contribution >= 4 is 5.69 Å². The zero-order valence-electron chi connectivity index (χ0n) is 9.58. The van der Waals surface area contributed by atoms with Crippen molar-refractivity contribution in [1.82, 2.24) is 9.78 Å². The van der Waals surface area contributed by atoms with Crippen molar-refractivity contribution in [2.24, 2.45) is 0 Å². The van der Waals surface area contributed by atoms with E-state index in [4.69, 9.17) is 5.73 Å². The Balaban J connectivity index is 2.06. The van der Waals surface area contributed by atoms with Crippen molar-refractivity contribution in [3.63, 3.8) is 0 Å². The van der Waals surface area contributed by atoms with Gasteiger partial charge in [-0.2, -0.15) is 5.10 Å². The number of nitrogen functional groups attached to an aromatic ring is 1. The van der Waals surface area contributed by atoms with Gasteiger partial charge in [-0.25, -0.2) is 0 Å². The van der Waals surface area contributed by atoms with Crippen molar-refractivity contribution in [2.45, 2.75) is 57.9 Å². The maximum atomic E-state index is 6.01.